The quantitative estimate of drug-likeness (QED) is 0.524. The summed E-state index contributed by atoms with van der Waals surface area (Å²) in [5.74, 6) is 1.76. The molecule has 0 saturated carbocycles. The van der Waals surface area contributed by atoms with E-state index in [1.165, 1.54) is 5.56 Å². The first-order valence-corrected chi connectivity index (χ1v) is 11.3. The minimum Gasteiger partial charge on any atom is -0.496 e. The summed E-state index contributed by atoms with van der Waals surface area (Å²) < 4.78 is 5.53. The first-order valence-electron chi connectivity index (χ1n) is 11.3. The molecule has 1 aromatic heterocycles. The lowest BCUT2D eigenvalue weighted by Gasteiger charge is -2.38. The zero-order valence-electron chi connectivity index (χ0n) is 19.6. The summed E-state index contributed by atoms with van der Waals surface area (Å²) in [5, 5.41) is 7.05. The van der Waals surface area contributed by atoms with E-state index < -0.39 is 0 Å². The van der Waals surface area contributed by atoms with Gasteiger partial charge in [0.05, 0.1) is 19.3 Å². The van der Waals surface area contributed by atoms with Crippen LogP contribution in [0.3, 0.4) is 0 Å². The second-order valence-electron chi connectivity index (χ2n) is 8.41. The average Bonchev–Trinajstić information content (AvgIpc) is 2.76. The highest BCUT2D eigenvalue weighted by Crippen LogP contribution is 2.24. The monoisotopic (exact) mass is 423 g/mol. The summed E-state index contributed by atoms with van der Waals surface area (Å²) in [5.41, 5.74) is 4.44. The molecule has 2 heterocycles. The van der Waals surface area contributed by atoms with Crippen LogP contribution in [0.2, 0.25) is 0 Å². The molecule has 2 N–H and O–H groups in total. The van der Waals surface area contributed by atoms with Gasteiger partial charge in [-0.2, -0.15) is 0 Å². The van der Waals surface area contributed by atoms with Crippen molar-refractivity contribution in [3.63, 3.8) is 0 Å². The van der Waals surface area contributed by atoms with Gasteiger partial charge in [-0.15, -0.1) is 0 Å². The maximum absolute atomic E-state index is 5.53. The van der Waals surface area contributed by atoms with Crippen molar-refractivity contribution in [2.75, 3.05) is 20.2 Å². The third kappa shape index (κ3) is 6.20. The second-order valence-corrected chi connectivity index (χ2v) is 8.41. The number of aliphatic imine (C=N–C) groups is 1. The Labute approximate surface area is 187 Å². The van der Waals surface area contributed by atoms with E-state index in [4.69, 9.17) is 9.73 Å². The number of aromatic nitrogens is 1. The fourth-order valence-corrected chi connectivity index (χ4v) is 4.30. The van der Waals surface area contributed by atoms with Crippen LogP contribution in [0.5, 0.6) is 5.75 Å². The van der Waals surface area contributed by atoms with Crippen LogP contribution in [0, 0.1) is 13.8 Å². The molecule has 0 aliphatic carbocycles. The molecular weight excluding hydrogens is 386 g/mol. The molecule has 168 valence electrons. The van der Waals surface area contributed by atoms with Gasteiger partial charge in [0.1, 0.15) is 5.75 Å². The number of likely N-dealkylation sites (tertiary alicyclic amines) is 1. The van der Waals surface area contributed by atoms with Crippen molar-refractivity contribution in [3.8, 4) is 5.75 Å². The van der Waals surface area contributed by atoms with Gasteiger partial charge in [-0.25, -0.2) is 4.99 Å². The van der Waals surface area contributed by atoms with Crippen LogP contribution in [0.1, 0.15) is 49.1 Å². The third-order valence-corrected chi connectivity index (χ3v) is 6.06. The molecule has 0 bridgehead atoms. The number of hydrogen-bond acceptors (Lipinski definition) is 4. The fraction of sp³-hybridized carbons (Fsp3) is 0.520. The van der Waals surface area contributed by atoms with Crippen LogP contribution in [0.25, 0.3) is 0 Å². The van der Waals surface area contributed by atoms with Crippen molar-refractivity contribution in [3.05, 3.63) is 58.9 Å². The Kier molecular flexibility index (Phi) is 8.29. The van der Waals surface area contributed by atoms with Crippen molar-refractivity contribution in [2.45, 2.75) is 65.7 Å². The molecule has 0 spiro atoms. The molecule has 2 atom stereocenters. The Morgan fingerprint density at radius 2 is 2.03 bits per heavy atom. The van der Waals surface area contributed by atoms with E-state index in [1.807, 2.05) is 20.0 Å². The Balaban J connectivity index is 1.60. The predicted molar refractivity (Wildman–Crippen MR) is 128 cm³/mol. The highest BCUT2D eigenvalue weighted by molar-refractivity contribution is 5.80. The molecule has 31 heavy (non-hydrogen) atoms. The topological polar surface area (TPSA) is 61.8 Å². The van der Waals surface area contributed by atoms with E-state index in [1.54, 1.807) is 7.11 Å². The molecule has 1 aliphatic rings. The number of nitrogens with zero attached hydrogens (tertiary/aromatic N) is 3. The van der Waals surface area contributed by atoms with Crippen molar-refractivity contribution >= 4 is 5.96 Å². The lowest BCUT2D eigenvalue weighted by Crippen LogP contribution is -2.51. The smallest absolute Gasteiger partial charge is 0.191 e. The minimum atomic E-state index is 0.418. The van der Waals surface area contributed by atoms with Crippen LogP contribution in [0.4, 0.5) is 0 Å². The van der Waals surface area contributed by atoms with Gasteiger partial charge in [-0.05, 0) is 46.1 Å². The summed E-state index contributed by atoms with van der Waals surface area (Å²) in [6.45, 7) is 12.0. The summed E-state index contributed by atoms with van der Waals surface area (Å²) in [6, 6.07) is 11.7. The molecule has 6 nitrogen and oxygen atoms in total. The van der Waals surface area contributed by atoms with E-state index in [-0.39, 0.29) is 0 Å². The molecule has 0 amide bonds. The molecule has 0 radical (unpaired) electrons. The maximum atomic E-state index is 5.53. The number of methoxy groups -OCH3 is 1. The molecule has 2 unspecified atom stereocenters. The Hall–Kier alpha value is -2.60. The van der Waals surface area contributed by atoms with Gasteiger partial charge in [-0.1, -0.05) is 30.3 Å². The molecule has 3 rings (SSSR count). The van der Waals surface area contributed by atoms with E-state index in [2.05, 4.69) is 64.7 Å². The van der Waals surface area contributed by atoms with Gasteiger partial charge in [-0.3, -0.25) is 9.88 Å². The highest BCUT2D eigenvalue weighted by atomic mass is 16.5. The zero-order chi connectivity index (χ0) is 22.2. The van der Waals surface area contributed by atoms with Crippen LogP contribution in [0.15, 0.2) is 41.5 Å². The fourth-order valence-electron chi connectivity index (χ4n) is 4.30. The first-order chi connectivity index (χ1) is 15.0. The van der Waals surface area contributed by atoms with E-state index in [9.17, 15) is 0 Å². The van der Waals surface area contributed by atoms with Gasteiger partial charge in [0.2, 0.25) is 0 Å². The summed E-state index contributed by atoms with van der Waals surface area (Å²) >= 11 is 0. The highest BCUT2D eigenvalue weighted by Gasteiger charge is 2.26. The number of benzene rings is 1. The first kappa shape index (κ1) is 23.1. The van der Waals surface area contributed by atoms with Crippen molar-refractivity contribution < 1.29 is 4.74 Å². The third-order valence-electron chi connectivity index (χ3n) is 6.06. The number of hydrogen-bond donors (Lipinski definition) is 2. The molecule has 1 aliphatic heterocycles. The molecule has 1 saturated heterocycles. The molecule has 1 aromatic carbocycles. The standard InChI is InChI=1S/C25H37N5O/c1-6-26-25(28-16-23-20(4)24(31-5)18(2)15-27-23)29-22-12-13-30(19(3)14-22)17-21-10-8-7-9-11-21/h7-11,15,19,22H,6,12-14,16-17H2,1-5H3,(H2,26,28,29). The molecule has 2 aromatic rings. The van der Waals surface area contributed by atoms with Crippen molar-refractivity contribution in [1.82, 2.24) is 20.5 Å². The molecular formula is C25H37N5O. The maximum Gasteiger partial charge on any atom is 0.191 e. The van der Waals surface area contributed by atoms with Crippen LogP contribution in [-0.2, 0) is 13.1 Å². The van der Waals surface area contributed by atoms with E-state index in [0.717, 1.165) is 61.0 Å². The number of aryl methyl sites for hydroxylation is 1. The van der Waals surface area contributed by atoms with Gasteiger partial charge in [0.15, 0.2) is 5.96 Å². The minimum absolute atomic E-state index is 0.418. The SMILES string of the molecule is CCNC(=NCc1ncc(C)c(OC)c1C)NC1CCN(Cc2ccccc2)C(C)C1. The zero-order valence-corrected chi connectivity index (χ0v) is 19.6. The summed E-state index contributed by atoms with van der Waals surface area (Å²) in [4.78, 5) is 12.0. The Bertz CT molecular complexity index is 868. The summed E-state index contributed by atoms with van der Waals surface area (Å²) in [6.07, 6.45) is 4.07. The number of piperidine rings is 1. The lowest BCUT2D eigenvalue weighted by molar-refractivity contribution is 0.134. The summed E-state index contributed by atoms with van der Waals surface area (Å²) in [7, 11) is 1.71. The van der Waals surface area contributed by atoms with Crippen molar-refractivity contribution in [1.29, 1.82) is 0 Å². The largest absolute Gasteiger partial charge is 0.496 e. The Morgan fingerprint density at radius 1 is 1.26 bits per heavy atom. The number of ether oxygens (including phenoxy) is 1. The van der Waals surface area contributed by atoms with Crippen LogP contribution < -0.4 is 15.4 Å². The van der Waals surface area contributed by atoms with E-state index in [0.29, 0.717) is 18.6 Å². The van der Waals surface area contributed by atoms with Gasteiger partial charge >= 0.3 is 0 Å². The van der Waals surface area contributed by atoms with Gasteiger partial charge in [0, 0.05) is 49.0 Å². The number of pyridine rings is 1. The predicted octanol–water partition coefficient (Wildman–Crippen LogP) is 3.82. The molecule has 1 fully saturated rings. The van der Waals surface area contributed by atoms with Crippen LogP contribution >= 0.6 is 0 Å². The normalized spacial score (nSPS) is 19.8. The number of rotatable bonds is 7. The van der Waals surface area contributed by atoms with Crippen molar-refractivity contribution in [2.24, 2.45) is 4.99 Å². The second kappa shape index (κ2) is 11.1. The van der Waals surface area contributed by atoms with Gasteiger partial charge in [0.25, 0.3) is 0 Å². The average molecular weight is 424 g/mol. The number of guanidine groups is 1. The van der Waals surface area contributed by atoms with Crippen LogP contribution in [-0.4, -0.2) is 48.1 Å². The van der Waals surface area contributed by atoms with Gasteiger partial charge < -0.3 is 15.4 Å². The van der Waals surface area contributed by atoms with E-state index >= 15 is 0 Å². The number of nitrogens with one attached hydrogen (secondary N) is 2. The molecule has 6 heteroatoms. The lowest BCUT2D eigenvalue weighted by atomic mass is 9.97. The Morgan fingerprint density at radius 3 is 2.71 bits per heavy atom.